The van der Waals surface area contributed by atoms with Gasteiger partial charge in [-0.15, -0.1) is 0 Å². The van der Waals surface area contributed by atoms with E-state index >= 15 is 0 Å². The third kappa shape index (κ3) is 3.85. The molecule has 0 aliphatic heterocycles. The number of allylic oxidation sites excluding steroid dienone is 1. The first-order chi connectivity index (χ1) is 9.33. The summed E-state index contributed by atoms with van der Waals surface area (Å²) >= 11 is 0. The molecule has 0 bridgehead atoms. The fourth-order valence-corrected chi connectivity index (χ4v) is 2.24. The molecule has 1 aromatic carbocycles. The SMILES string of the molecule is COc1cc(C=O)ccc1OC1/C=C/CCCCC1. The fraction of sp³-hybridized carbons (Fsp3) is 0.438. The van der Waals surface area contributed by atoms with Crippen molar-refractivity contribution in [3.8, 4) is 11.5 Å². The van der Waals surface area contributed by atoms with Gasteiger partial charge in [-0.2, -0.15) is 0 Å². The minimum Gasteiger partial charge on any atom is -0.493 e. The summed E-state index contributed by atoms with van der Waals surface area (Å²) in [6.45, 7) is 0. The Kier molecular flexibility index (Phi) is 5.01. The van der Waals surface area contributed by atoms with Crippen molar-refractivity contribution in [1.29, 1.82) is 0 Å². The molecule has 0 amide bonds. The normalized spacial score (nSPS) is 21.0. The highest BCUT2D eigenvalue weighted by molar-refractivity contribution is 5.76. The zero-order chi connectivity index (χ0) is 13.5. The van der Waals surface area contributed by atoms with E-state index in [1.54, 1.807) is 25.3 Å². The molecular weight excluding hydrogens is 240 g/mol. The minimum absolute atomic E-state index is 0.0938. The smallest absolute Gasteiger partial charge is 0.162 e. The van der Waals surface area contributed by atoms with Gasteiger partial charge in [0, 0.05) is 5.56 Å². The van der Waals surface area contributed by atoms with Crippen LogP contribution in [0.15, 0.2) is 30.4 Å². The Morgan fingerprint density at radius 1 is 1.21 bits per heavy atom. The Morgan fingerprint density at radius 3 is 2.89 bits per heavy atom. The zero-order valence-corrected chi connectivity index (χ0v) is 11.3. The molecule has 3 heteroatoms. The van der Waals surface area contributed by atoms with Crippen LogP contribution >= 0.6 is 0 Å². The van der Waals surface area contributed by atoms with E-state index in [0.29, 0.717) is 17.1 Å². The second-order valence-corrected chi connectivity index (χ2v) is 4.75. The molecule has 3 nitrogen and oxygen atoms in total. The molecule has 0 saturated carbocycles. The molecule has 1 atom stereocenters. The molecule has 19 heavy (non-hydrogen) atoms. The van der Waals surface area contributed by atoms with Crippen molar-refractivity contribution in [2.24, 2.45) is 0 Å². The number of methoxy groups -OCH3 is 1. The van der Waals surface area contributed by atoms with Crippen LogP contribution in [0, 0.1) is 0 Å². The van der Waals surface area contributed by atoms with Crippen LogP contribution in [0.5, 0.6) is 11.5 Å². The minimum atomic E-state index is 0.0938. The van der Waals surface area contributed by atoms with Gasteiger partial charge in [0.25, 0.3) is 0 Å². The van der Waals surface area contributed by atoms with E-state index in [1.165, 1.54) is 19.3 Å². The highest BCUT2D eigenvalue weighted by Gasteiger charge is 2.12. The molecule has 0 aromatic heterocycles. The molecule has 0 saturated heterocycles. The second-order valence-electron chi connectivity index (χ2n) is 4.75. The van der Waals surface area contributed by atoms with E-state index in [1.807, 2.05) is 0 Å². The van der Waals surface area contributed by atoms with Crippen LogP contribution in [0.2, 0.25) is 0 Å². The van der Waals surface area contributed by atoms with Crippen molar-refractivity contribution in [1.82, 2.24) is 0 Å². The van der Waals surface area contributed by atoms with E-state index in [2.05, 4.69) is 12.2 Å². The number of ether oxygens (including phenoxy) is 2. The number of aldehydes is 1. The van der Waals surface area contributed by atoms with Crippen LogP contribution in [0.1, 0.15) is 42.5 Å². The molecule has 0 heterocycles. The van der Waals surface area contributed by atoms with Crippen molar-refractivity contribution >= 4 is 6.29 Å². The molecule has 1 aliphatic carbocycles. The monoisotopic (exact) mass is 260 g/mol. The van der Waals surface area contributed by atoms with Crippen LogP contribution in [0.25, 0.3) is 0 Å². The van der Waals surface area contributed by atoms with Crippen LogP contribution in [-0.4, -0.2) is 19.5 Å². The highest BCUT2D eigenvalue weighted by Crippen LogP contribution is 2.30. The van der Waals surface area contributed by atoms with Crippen LogP contribution in [0.3, 0.4) is 0 Å². The first-order valence-electron chi connectivity index (χ1n) is 6.80. The maximum atomic E-state index is 10.8. The van der Waals surface area contributed by atoms with Gasteiger partial charge >= 0.3 is 0 Å². The zero-order valence-electron chi connectivity index (χ0n) is 11.3. The summed E-state index contributed by atoms with van der Waals surface area (Å²) < 4.78 is 11.3. The predicted molar refractivity (Wildman–Crippen MR) is 75.0 cm³/mol. The van der Waals surface area contributed by atoms with E-state index in [-0.39, 0.29) is 6.10 Å². The second kappa shape index (κ2) is 6.98. The van der Waals surface area contributed by atoms with E-state index in [4.69, 9.17) is 9.47 Å². The van der Waals surface area contributed by atoms with Crippen molar-refractivity contribution in [2.45, 2.75) is 38.2 Å². The van der Waals surface area contributed by atoms with Crippen LogP contribution < -0.4 is 9.47 Å². The highest BCUT2D eigenvalue weighted by atomic mass is 16.5. The lowest BCUT2D eigenvalue weighted by Crippen LogP contribution is -2.15. The van der Waals surface area contributed by atoms with E-state index in [0.717, 1.165) is 19.1 Å². The number of carbonyl (C=O) groups excluding carboxylic acids is 1. The average molecular weight is 260 g/mol. The summed E-state index contributed by atoms with van der Waals surface area (Å²) in [7, 11) is 1.59. The molecule has 0 fully saturated rings. The standard InChI is InChI=1S/C16H20O3/c1-18-16-11-13(12-17)9-10-15(16)19-14-7-5-3-2-4-6-8-14/h5,7,9-12,14H,2-4,6,8H2,1H3/b7-5+. The fourth-order valence-electron chi connectivity index (χ4n) is 2.24. The van der Waals surface area contributed by atoms with E-state index in [9.17, 15) is 4.79 Å². The number of hydrogen-bond donors (Lipinski definition) is 0. The van der Waals surface area contributed by atoms with Gasteiger partial charge in [0.05, 0.1) is 7.11 Å². The molecule has 1 aromatic rings. The maximum absolute atomic E-state index is 10.8. The largest absolute Gasteiger partial charge is 0.493 e. The lowest BCUT2D eigenvalue weighted by molar-refractivity contribution is 0.112. The summed E-state index contributed by atoms with van der Waals surface area (Å²) in [6.07, 6.45) is 11.1. The van der Waals surface area contributed by atoms with Crippen molar-refractivity contribution in [3.63, 3.8) is 0 Å². The molecular formula is C16H20O3. The maximum Gasteiger partial charge on any atom is 0.162 e. The molecule has 1 unspecified atom stereocenters. The van der Waals surface area contributed by atoms with Crippen LogP contribution in [0.4, 0.5) is 0 Å². The molecule has 1 aliphatic rings. The quantitative estimate of drug-likeness (QED) is 0.610. The van der Waals surface area contributed by atoms with Gasteiger partial charge < -0.3 is 9.47 Å². The summed E-state index contributed by atoms with van der Waals surface area (Å²) in [5, 5.41) is 0. The Morgan fingerprint density at radius 2 is 2.11 bits per heavy atom. The predicted octanol–water partition coefficient (Wildman–Crippen LogP) is 3.78. The summed E-state index contributed by atoms with van der Waals surface area (Å²) in [6, 6.07) is 5.25. The van der Waals surface area contributed by atoms with Crippen molar-refractivity contribution in [3.05, 3.63) is 35.9 Å². The Bertz CT molecular complexity index is 451. The first-order valence-corrected chi connectivity index (χ1v) is 6.80. The molecule has 0 spiro atoms. The summed E-state index contributed by atoms with van der Waals surface area (Å²) in [5.41, 5.74) is 0.595. The number of benzene rings is 1. The Balaban J connectivity index is 2.12. The molecule has 2 rings (SSSR count). The van der Waals surface area contributed by atoms with Gasteiger partial charge in [-0.1, -0.05) is 12.5 Å². The van der Waals surface area contributed by atoms with Gasteiger partial charge in [-0.25, -0.2) is 0 Å². The average Bonchev–Trinajstić information content (AvgIpc) is 2.42. The third-order valence-electron chi connectivity index (χ3n) is 3.31. The number of rotatable bonds is 4. The Labute approximate surface area is 114 Å². The Hall–Kier alpha value is -1.77. The summed E-state index contributed by atoms with van der Waals surface area (Å²) in [5.74, 6) is 1.31. The third-order valence-corrected chi connectivity index (χ3v) is 3.31. The topological polar surface area (TPSA) is 35.5 Å². The van der Waals surface area contributed by atoms with Gasteiger partial charge in [0.1, 0.15) is 12.4 Å². The van der Waals surface area contributed by atoms with E-state index < -0.39 is 0 Å². The van der Waals surface area contributed by atoms with Gasteiger partial charge in [0.2, 0.25) is 0 Å². The molecule has 0 radical (unpaired) electrons. The van der Waals surface area contributed by atoms with Crippen molar-refractivity contribution in [2.75, 3.05) is 7.11 Å². The molecule has 102 valence electrons. The first kappa shape index (κ1) is 13.7. The van der Waals surface area contributed by atoms with Crippen LogP contribution in [-0.2, 0) is 0 Å². The lowest BCUT2D eigenvalue weighted by Gasteiger charge is -2.19. The summed E-state index contributed by atoms with van der Waals surface area (Å²) in [4.78, 5) is 10.8. The lowest BCUT2D eigenvalue weighted by atomic mass is 10.0. The van der Waals surface area contributed by atoms with Crippen molar-refractivity contribution < 1.29 is 14.3 Å². The number of carbonyl (C=O) groups is 1. The van der Waals surface area contributed by atoms with Gasteiger partial charge in [0.15, 0.2) is 11.5 Å². The molecule has 0 N–H and O–H groups in total. The van der Waals surface area contributed by atoms with Gasteiger partial charge in [-0.3, -0.25) is 4.79 Å². The van der Waals surface area contributed by atoms with Gasteiger partial charge in [-0.05, 0) is 50.0 Å². The number of hydrogen-bond acceptors (Lipinski definition) is 3.